The summed E-state index contributed by atoms with van der Waals surface area (Å²) in [5, 5.41) is 13.2. The van der Waals surface area contributed by atoms with E-state index in [2.05, 4.69) is 36.1 Å². The van der Waals surface area contributed by atoms with Crippen molar-refractivity contribution in [3.05, 3.63) is 10.8 Å². The first kappa shape index (κ1) is 14.4. The van der Waals surface area contributed by atoms with Gasteiger partial charge in [0.25, 0.3) is 5.91 Å². The van der Waals surface area contributed by atoms with E-state index in [1.807, 2.05) is 4.90 Å². The van der Waals surface area contributed by atoms with Crippen molar-refractivity contribution in [1.82, 2.24) is 24.7 Å². The highest BCUT2D eigenvalue weighted by atomic mass is 32.1. The molecule has 2 aromatic rings. The molecular weight excluding hydrogens is 286 g/mol. The second kappa shape index (κ2) is 5.71. The predicted octanol–water partition coefficient (Wildman–Crippen LogP) is 2.71. The van der Waals surface area contributed by atoms with E-state index in [0.717, 1.165) is 31.6 Å². The summed E-state index contributed by atoms with van der Waals surface area (Å²) in [5.74, 6) is 1.10. The van der Waals surface area contributed by atoms with Crippen molar-refractivity contribution in [2.75, 3.05) is 6.54 Å². The molecule has 1 unspecified atom stereocenters. The number of aromatic nitrogens is 4. The summed E-state index contributed by atoms with van der Waals surface area (Å²) < 4.78 is 1.72. The van der Waals surface area contributed by atoms with Gasteiger partial charge in [0, 0.05) is 18.5 Å². The smallest absolute Gasteiger partial charge is 0.285 e. The lowest BCUT2D eigenvalue weighted by Crippen LogP contribution is -2.43. The van der Waals surface area contributed by atoms with Crippen molar-refractivity contribution in [3.63, 3.8) is 0 Å². The number of hydrogen-bond acceptors (Lipinski definition) is 5. The molecule has 0 bridgehead atoms. The minimum Gasteiger partial charge on any atom is -0.334 e. The maximum absolute atomic E-state index is 12.7. The summed E-state index contributed by atoms with van der Waals surface area (Å²) >= 11 is 1.34. The number of rotatable bonds is 3. The Bertz CT molecular complexity index is 647. The molecule has 1 fully saturated rings. The van der Waals surface area contributed by atoms with Crippen LogP contribution in [0.1, 0.15) is 68.0 Å². The summed E-state index contributed by atoms with van der Waals surface area (Å²) in [6.07, 6.45) is 4.41. The number of fused-ring (bicyclic) bond motifs is 1. The summed E-state index contributed by atoms with van der Waals surface area (Å²) in [4.78, 5) is 15.4. The zero-order valence-electron chi connectivity index (χ0n) is 12.7. The van der Waals surface area contributed by atoms with Gasteiger partial charge in [0.2, 0.25) is 9.97 Å². The number of nitrogens with zero attached hydrogens (tertiary/aromatic N) is 5. The van der Waals surface area contributed by atoms with E-state index < -0.39 is 0 Å². The Morgan fingerprint density at radius 3 is 2.90 bits per heavy atom. The van der Waals surface area contributed by atoms with Gasteiger partial charge in [-0.25, -0.2) is 0 Å². The zero-order chi connectivity index (χ0) is 15.0. The SMILES string of the molecule is CCC1CCCCN1C(=O)c1nn2c(C(C)C)nnc2s1. The average Bonchev–Trinajstić information content (AvgIpc) is 3.06. The molecule has 2 aromatic heterocycles. The van der Waals surface area contributed by atoms with Crippen LogP contribution in [-0.2, 0) is 0 Å². The molecule has 6 nitrogen and oxygen atoms in total. The molecular formula is C14H21N5OS. The van der Waals surface area contributed by atoms with Crippen LogP contribution < -0.4 is 0 Å². The van der Waals surface area contributed by atoms with Crippen molar-refractivity contribution < 1.29 is 4.79 Å². The Morgan fingerprint density at radius 1 is 1.38 bits per heavy atom. The fourth-order valence-electron chi connectivity index (χ4n) is 2.89. The number of hydrogen-bond donors (Lipinski definition) is 0. The molecule has 1 atom stereocenters. The number of carbonyl (C=O) groups excluding carboxylic acids is 1. The second-order valence-electron chi connectivity index (χ2n) is 5.87. The van der Waals surface area contributed by atoms with E-state index >= 15 is 0 Å². The van der Waals surface area contributed by atoms with Crippen LogP contribution in [0.4, 0.5) is 0 Å². The fraction of sp³-hybridized carbons (Fsp3) is 0.714. The van der Waals surface area contributed by atoms with Crippen LogP contribution in [0.5, 0.6) is 0 Å². The molecule has 114 valence electrons. The molecule has 1 aliphatic rings. The van der Waals surface area contributed by atoms with Crippen molar-refractivity contribution in [2.45, 2.75) is 58.4 Å². The number of piperidine rings is 1. The van der Waals surface area contributed by atoms with Gasteiger partial charge in [-0.05, 0) is 25.7 Å². The zero-order valence-corrected chi connectivity index (χ0v) is 13.6. The Labute approximate surface area is 128 Å². The lowest BCUT2D eigenvalue weighted by molar-refractivity contribution is 0.0606. The van der Waals surface area contributed by atoms with Crippen LogP contribution in [0.15, 0.2) is 0 Å². The van der Waals surface area contributed by atoms with E-state index in [9.17, 15) is 4.79 Å². The number of amides is 1. The lowest BCUT2D eigenvalue weighted by Gasteiger charge is -2.34. The van der Waals surface area contributed by atoms with Crippen LogP contribution >= 0.6 is 11.3 Å². The maximum atomic E-state index is 12.7. The van der Waals surface area contributed by atoms with Gasteiger partial charge in [-0.1, -0.05) is 32.1 Å². The molecule has 21 heavy (non-hydrogen) atoms. The second-order valence-corrected chi connectivity index (χ2v) is 6.83. The minimum absolute atomic E-state index is 0.0479. The molecule has 0 N–H and O–H groups in total. The van der Waals surface area contributed by atoms with Gasteiger partial charge < -0.3 is 4.90 Å². The molecule has 0 aromatic carbocycles. The summed E-state index contributed by atoms with van der Waals surface area (Å²) in [5.41, 5.74) is 0. The molecule has 0 spiro atoms. The maximum Gasteiger partial charge on any atom is 0.285 e. The van der Waals surface area contributed by atoms with E-state index in [1.165, 1.54) is 17.8 Å². The van der Waals surface area contributed by atoms with E-state index in [-0.39, 0.29) is 11.8 Å². The average molecular weight is 307 g/mol. The van der Waals surface area contributed by atoms with Crippen LogP contribution in [0.3, 0.4) is 0 Å². The van der Waals surface area contributed by atoms with Crippen LogP contribution in [-0.4, -0.2) is 43.2 Å². The molecule has 0 saturated carbocycles. The first-order valence-electron chi connectivity index (χ1n) is 7.65. The Hall–Kier alpha value is -1.50. The van der Waals surface area contributed by atoms with E-state index in [4.69, 9.17) is 0 Å². The predicted molar refractivity (Wildman–Crippen MR) is 81.7 cm³/mol. The van der Waals surface area contributed by atoms with Gasteiger partial charge >= 0.3 is 0 Å². The van der Waals surface area contributed by atoms with Gasteiger partial charge in [0.1, 0.15) is 0 Å². The summed E-state index contributed by atoms with van der Waals surface area (Å²) in [6.45, 7) is 7.09. The van der Waals surface area contributed by atoms with Gasteiger partial charge in [0.05, 0.1) is 0 Å². The highest BCUT2D eigenvalue weighted by molar-refractivity contribution is 7.18. The van der Waals surface area contributed by atoms with Crippen molar-refractivity contribution in [3.8, 4) is 0 Å². The molecule has 1 saturated heterocycles. The monoisotopic (exact) mass is 307 g/mol. The Kier molecular flexibility index (Phi) is 3.93. The van der Waals surface area contributed by atoms with Gasteiger partial charge in [-0.15, -0.1) is 15.3 Å². The standard InChI is InChI=1S/C14H21N5OS/c1-4-10-7-5-6-8-18(10)13(20)12-17-19-11(9(2)3)15-16-14(19)21-12/h9-10H,4-8H2,1-3H3. The third kappa shape index (κ3) is 2.54. The summed E-state index contributed by atoms with van der Waals surface area (Å²) in [6, 6.07) is 0.352. The molecule has 3 rings (SSSR count). The quantitative estimate of drug-likeness (QED) is 0.874. The third-order valence-electron chi connectivity index (χ3n) is 4.07. The largest absolute Gasteiger partial charge is 0.334 e. The molecule has 1 amide bonds. The first-order chi connectivity index (χ1) is 10.1. The third-order valence-corrected chi connectivity index (χ3v) is 4.96. The Morgan fingerprint density at radius 2 is 2.19 bits per heavy atom. The lowest BCUT2D eigenvalue weighted by atomic mass is 10.00. The molecule has 7 heteroatoms. The minimum atomic E-state index is 0.0479. The van der Waals surface area contributed by atoms with Crippen LogP contribution in [0.25, 0.3) is 4.96 Å². The highest BCUT2D eigenvalue weighted by Crippen LogP contribution is 2.24. The highest BCUT2D eigenvalue weighted by Gasteiger charge is 2.29. The molecule has 1 aliphatic heterocycles. The topological polar surface area (TPSA) is 63.4 Å². The summed E-state index contributed by atoms with van der Waals surface area (Å²) in [7, 11) is 0. The molecule has 0 aliphatic carbocycles. The van der Waals surface area contributed by atoms with Gasteiger partial charge in [0.15, 0.2) is 5.82 Å². The number of likely N-dealkylation sites (tertiary alicyclic amines) is 1. The van der Waals surface area contributed by atoms with Crippen LogP contribution in [0, 0.1) is 0 Å². The van der Waals surface area contributed by atoms with Crippen LogP contribution in [0.2, 0.25) is 0 Å². The fourth-order valence-corrected chi connectivity index (χ4v) is 3.70. The van der Waals surface area contributed by atoms with E-state index in [0.29, 0.717) is 16.0 Å². The van der Waals surface area contributed by atoms with Crippen molar-refractivity contribution >= 4 is 22.2 Å². The van der Waals surface area contributed by atoms with E-state index in [1.54, 1.807) is 4.52 Å². The Balaban J connectivity index is 1.90. The van der Waals surface area contributed by atoms with Gasteiger partial charge in [-0.3, -0.25) is 4.79 Å². The normalized spacial score (nSPS) is 19.6. The molecule has 3 heterocycles. The van der Waals surface area contributed by atoms with Crippen molar-refractivity contribution in [2.24, 2.45) is 0 Å². The number of carbonyl (C=O) groups is 1. The van der Waals surface area contributed by atoms with Gasteiger partial charge in [-0.2, -0.15) is 4.52 Å². The van der Waals surface area contributed by atoms with Crippen molar-refractivity contribution in [1.29, 1.82) is 0 Å². The first-order valence-corrected chi connectivity index (χ1v) is 8.46. The molecule has 0 radical (unpaired) electrons.